The van der Waals surface area contributed by atoms with E-state index < -0.39 is 0 Å². The van der Waals surface area contributed by atoms with E-state index in [9.17, 15) is 4.79 Å². The van der Waals surface area contributed by atoms with Gasteiger partial charge in [0.1, 0.15) is 11.5 Å². The second kappa shape index (κ2) is 5.26. The fraction of sp³-hybridized carbons (Fsp3) is 0.312. The molecule has 0 bridgehead atoms. The molecule has 0 spiro atoms. The molecule has 0 fully saturated rings. The van der Waals surface area contributed by atoms with E-state index in [4.69, 9.17) is 14.6 Å². The van der Waals surface area contributed by atoms with Crippen LogP contribution in [0.3, 0.4) is 0 Å². The molecule has 2 heterocycles. The van der Waals surface area contributed by atoms with Crippen LogP contribution in [0.2, 0.25) is 0 Å². The van der Waals surface area contributed by atoms with E-state index in [-0.39, 0.29) is 11.8 Å². The molecule has 2 N–H and O–H groups in total. The topological polar surface area (TPSA) is 74.3 Å². The van der Waals surface area contributed by atoms with Gasteiger partial charge in [-0.15, -0.1) is 0 Å². The molecule has 2 aromatic heterocycles. The van der Waals surface area contributed by atoms with Crippen LogP contribution in [0.5, 0.6) is 0 Å². The summed E-state index contributed by atoms with van der Waals surface area (Å²) in [5.41, 5.74) is 8.42. The third-order valence-corrected chi connectivity index (χ3v) is 3.57. The van der Waals surface area contributed by atoms with Crippen LogP contribution in [0.25, 0.3) is 11.1 Å². The van der Waals surface area contributed by atoms with E-state index in [2.05, 4.69) is 0 Å². The van der Waals surface area contributed by atoms with E-state index >= 15 is 0 Å². The minimum absolute atomic E-state index is 0.327. The molecule has 0 aliphatic carbocycles. The number of aromatic nitrogens is 1. The number of benzene rings is 1. The predicted octanol–water partition coefficient (Wildman–Crippen LogP) is 2.95. The number of hydrogen-bond acceptors (Lipinski definition) is 4. The van der Waals surface area contributed by atoms with Gasteiger partial charge in [0.2, 0.25) is 0 Å². The zero-order chi connectivity index (χ0) is 15.0. The van der Waals surface area contributed by atoms with E-state index in [1.165, 1.54) is 0 Å². The highest BCUT2D eigenvalue weighted by Gasteiger charge is 2.15. The molecule has 0 saturated carbocycles. The van der Waals surface area contributed by atoms with Crippen molar-refractivity contribution >= 4 is 11.1 Å². The Kier molecular flexibility index (Phi) is 3.43. The summed E-state index contributed by atoms with van der Waals surface area (Å²) in [6.45, 7) is 4.55. The zero-order valence-electron chi connectivity index (χ0n) is 12.1. The van der Waals surface area contributed by atoms with Crippen LogP contribution in [-0.2, 0) is 6.54 Å². The molecule has 1 unspecified atom stereocenters. The minimum atomic E-state index is -0.372. The monoisotopic (exact) mass is 286 g/mol. The predicted molar refractivity (Wildman–Crippen MR) is 80.2 cm³/mol. The Morgan fingerprint density at radius 3 is 2.71 bits per heavy atom. The minimum Gasteiger partial charge on any atom is -0.464 e. The van der Waals surface area contributed by atoms with Crippen LogP contribution in [0, 0.1) is 6.92 Å². The Balaban J connectivity index is 2.03. The number of rotatable bonds is 4. The summed E-state index contributed by atoms with van der Waals surface area (Å²) in [6.07, 6.45) is 0.876. The lowest BCUT2D eigenvalue weighted by atomic mass is 10.1. The number of nitrogens with two attached hydrogens (primary N) is 1. The highest BCUT2D eigenvalue weighted by atomic mass is 16.4. The Hall–Kier alpha value is -2.27. The first-order valence-electron chi connectivity index (χ1n) is 7.05. The Morgan fingerprint density at radius 2 is 2.05 bits per heavy atom. The summed E-state index contributed by atoms with van der Waals surface area (Å²) in [6, 6.07) is 8.97. The molecule has 3 rings (SSSR count). The van der Waals surface area contributed by atoms with Crippen molar-refractivity contribution in [1.29, 1.82) is 0 Å². The van der Waals surface area contributed by atoms with Gasteiger partial charge in [-0.25, -0.2) is 4.79 Å². The van der Waals surface area contributed by atoms with Crippen LogP contribution in [0.4, 0.5) is 0 Å². The fourth-order valence-corrected chi connectivity index (χ4v) is 2.50. The van der Waals surface area contributed by atoms with Gasteiger partial charge in [-0.3, -0.25) is 4.57 Å². The van der Waals surface area contributed by atoms with Gasteiger partial charge >= 0.3 is 5.76 Å². The molecule has 5 nitrogen and oxygen atoms in total. The number of hydrogen-bond donors (Lipinski definition) is 1. The van der Waals surface area contributed by atoms with Gasteiger partial charge in [0.25, 0.3) is 0 Å². The van der Waals surface area contributed by atoms with Crippen molar-refractivity contribution in [2.24, 2.45) is 5.73 Å². The zero-order valence-corrected chi connectivity index (χ0v) is 12.1. The normalized spacial score (nSPS) is 12.9. The first-order chi connectivity index (χ1) is 10.1. The molecule has 0 saturated heterocycles. The van der Waals surface area contributed by atoms with Gasteiger partial charge in [0.15, 0.2) is 5.58 Å². The highest BCUT2D eigenvalue weighted by molar-refractivity contribution is 5.74. The third-order valence-electron chi connectivity index (χ3n) is 3.57. The number of furan rings is 1. The van der Waals surface area contributed by atoms with E-state index in [0.717, 1.165) is 23.3 Å². The van der Waals surface area contributed by atoms with E-state index in [1.807, 2.05) is 44.2 Å². The van der Waals surface area contributed by atoms with Gasteiger partial charge in [0, 0.05) is 6.54 Å². The third kappa shape index (κ3) is 2.40. The molecule has 1 atom stereocenters. The molecular formula is C16H18N2O3. The second-order valence-corrected chi connectivity index (χ2v) is 5.17. The summed E-state index contributed by atoms with van der Waals surface area (Å²) in [5.74, 6) is 1.19. The quantitative estimate of drug-likeness (QED) is 0.800. The maximum atomic E-state index is 11.8. The maximum absolute atomic E-state index is 11.8. The largest absolute Gasteiger partial charge is 0.464 e. The van der Waals surface area contributed by atoms with Gasteiger partial charge in [0.05, 0.1) is 11.6 Å². The van der Waals surface area contributed by atoms with Gasteiger partial charge in [-0.1, -0.05) is 13.0 Å². The smallest absolute Gasteiger partial charge is 0.419 e. The van der Waals surface area contributed by atoms with E-state index in [1.54, 1.807) is 4.57 Å². The first kappa shape index (κ1) is 13.7. The lowest BCUT2D eigenvalue weighted by molar-refractivity contribution is 0.466. The lowest BCUT2D eigenvalue weighted by Crippen LogP contribution is -2.13. The second-order valence-electron chi connectivity index (χ2n) is 5.17. The van der Waals surface area contributed by atoms with Crippen molar-refractivity contribution < 1.29 is 8.83 Å². The van der Waals surface area contributed by atoms with Gasteiger partial charge in [-0.2, -0.15) is 0 Å². The molecule has 0 aliphatic rings. The number of fused-ring (bicyclic) bond motifs is 1. The first-order valence-corrected chi connectivity index (χ1v) is 7.05. The molecule has 0 aliphatic heterocycles. The van der Waals surface area contributed by atoms with Crippen LogP contribution in [0.1, 0.15) is 36.5 Å². The van der Waals surface area contributed by atoms with Gasteiger partial charge < -0.3 is 14.6 Å². The number of aryl methyl sites for hydroxylation is 2. The molecular weight excluding hydrogens is 268 g/mol. The Bertz CT molecular complexity index is 826. The molecule has 21 heavy (non-hydrogen) atoms. The summed E-state index contributed by atoms with van der Waals surface area (Å²) in [5, 5.41) is 0. The van der Waals surface area contributed by atoms with Crippen molar-refractivity contribution in [2.45, 2.75) is 32.9 Å². The SMILES string of the molecule is CCCn1c(=O)oc2cc(C(N)c3ccc(C)o3)ccc21. The standard InChI is InChI=1S/C16H18N2O3/c1-3-8-18-12-6-5-11(9-14(12)21-16(18)19)15(17)13-7-4-10(2)20-13/h4-7,9,15H,3,8,17H2,1-2H3. The van der Waals surface area contributed by atoms with Crippen molar-refractivity contribution in [3.05, 3.63) is 58.0 Å². The maximum Gasteiger partial charge on any atom is 0.419 e. The summed E-state index contributed by atoms with van der Waals surface area (Å²) in [7, 11) is 0. The average molecular weight is 286 g/mol. The number of oxazole rings is 1. The van der Waals surface area contributed by atoms with E-state index in [0.29, 0.717) is 17.9 Å². The van der Waals surface area contributed by atoms with Crippen LogP contribution >= 0.6 is 0 Å². The van der Waals surface area contributed by atoms with Crippen molar-refractivity contribution in [1.82, 2.24) is 4.57 Å². The molecule has 1 aromatic carbocycles. The van der Waals surface area contributed by atoms with Crippen LogP contribution < -0.4 is 11.5 Å². The summed E-state index contributed by atoms with van der Waals surface area (Å²) >= 11 is 0. The summed E-state index contributed by atoms with van der Waals surface area (Å²) in [4.78, 5) is 11.8. The Labute approximate surface area is 122 Å². The molecule has 0 amide bonds. The van der Waals surface area contributed by atoms with Crippen molar-refractivity contribution in [3.8, 4) is 0 Å². The molecule has 5 heteroatoms. The molecule has 110 valence electrons. The number of nitrogens with zero attached hydrogens (tertiary/aromatic N) is 1. The average Bonchev–Trinajstić information content (AvgIpc) is 3.02. The van der Waals surface area contributed by atoms with Crippen LogP contribution in [0.15, 0.2) is 44.0 Å². The lowest BCUT2D eigenvalue weighted by Gasteiger charge is -2.09. The van der Waals surface area contributed by atoms with Crippen LogP contribution in [-0.4, -0.2) is 4.57 Å². The van der Waals surface area contributed by atoms with Crippen molar-refractivity contribution in [3.63, 3.8) is 0 Å². The summed E-state index contributed by atoms with van der Waals surface area (Å²) < 4.78 is 12.5. The fourth-order valence-electron chi connectivity index (χ4n) is 2.50. The van der Waals surface area contributed by atoms with Gasteiger partial charge in [-0.05, 0) is 43.2 Å². The highest BCUT2D eigenvalue weighted by Crippen LogP contribution is 2.24. The molecule has 3 aromatic rings. The van der Waals surface area contributed by atoms with Crippen molar-refractivity contribution in [2.75, 3.05) is 0 Å². The molecule has 0 radical (unpaired) electrons. The Morgan fingerprint density at radius 1 is 1.24 bits per heavy atom.